The number of carbonyl (C=O) groups excluding carboxylic acids is 1. The minimum Gasteiger partial charge on any atom is -0.373 e. The first-order chi connectivity index (χ1) is 8.97. The summed E-state index contributed by atoms with van der Waals surface area (Å²) in [6.45, 7) is 5.03. The van der Waals surface area contributed by atoms with Gasteiger partial charge < -0.3 is 9.80 Å². The Morgan fingerprint density at radius 2 is 2.26 bits per heavy atom. The van der Waals surface area contributed by atoms with Crippen LogP contribution in [0.2, 0.25) is 0 Å². The van der Waals surface area contributed by atoms with Crippen molar-refractivity contribution in [2.24, 2.45) is 5.92 Å². The Labute approximate surface area is 123 Å². The van der Waals surface area contributed by atoms with Crippen LogP contribution in [0.25, 0.3) is 0 Å². The van der Waals surface area contributed by atoms with Gasteiger partial charge in [-0.15, -0.1) is 0 Å². The van der Waals surface area contributed by atoms with Gasteiger partial charge >= 0.3 is 0 Å². The lowest BCUT2D eigenvalue weighted by Crippen LogP contribution is -2.27. The summed E-state index contributed by atoms with van der Waals surface area (Å²) >= 11 is 3.57. The molecule has 1 unspecified atom stereocenters. The SMILES string of the molecule is CC(=O)c1ccc(N(C)CC2CCN(C)C2)c(Br)c1. The van der Waals surface area contributed by atoms with Crippen molar-refractivity contribution in [3.8, 4) is 0 Å². The van der Waals surface area contributed by atoms with Crippen molar-refractivity contribution in [1.29, 1.82) is 0 Å². The van der Waals surface area contributed by atoms with Crippen molar-refractivity contribution in [3.05, 3.63) is 28.2 Å². The number of hydrogen-bond acceptors (Lipinski definition) is 3. The first-order valence-electron chi connectivity index (χ1n) is 6.67. The van der Waals surface area contributed by atoms with Crippen molar-refractivity contribution in [1.82, 2.24) is 4.90 Å². The van der Waals surface area contributed by atoms with Gasteiger partial charge in [0.25, 0.3) is 0 Å². The maximum absolute atomic E-state index is 11.4. The number of halogens is 1. The molecule has 0 amide bonds. The monoisotopic (exact) mass is 324 g/mol. The fourth-order valence-corrected chi connectivity index (χ4v) is 3.38. The van der Waals surface area contributed by atoms with E-state index >= 15 is 0 Å². The zero-order chi connectivity index (χ0) is 14.0. The fourth-order valence-electron chi connectivity index (χ4n) is 2.70. The average molecular weight is 325 g/mol. The van der Waals surface area contributed by atoms with Crippen molar-refractivity contribution in [3.63, 3.8) is 0 Å². The Kier molecular flexibility index (Phi) is 4.63. The molecule has 0 aromatic heterocycles. The lowest BCUT2D eigenvalue weighted by atomic mass is 10.1. The number of rotatable bonds is 4. The van der Waals surface area contributed by atoms with Crippen LogP contribution in [0.1, 0.15) is 23.7 Å². The molecule has 0 aliphatic carbocycles. The molecule has 19 heavy (non-hydrogen) atoms. The lowest BCUT2D eigenvalue weighted by molar-refractivity contribution is 0.101. The molecule has 3 nitrogen and oxygen atoms in total. The predicted octanol–water partition coefficient (Wildman–Crippen LogP) is 3.04. The number of anilines is 1. The molecule has 1 fully saturated rings. The van der Waals surface area contributed by atoms with Crippen LogP contribution < -0.4 is 4.90 Å². The highest BCUT2D eigenvalue weighted by Gasteiger charge is 2.21. The Balaban J connectivity index is 2.06. The summed E-state index contributed by atoms with van der Waals surface area (Å²) in [6, 6.07) is 5.84. The van der Waals surface area contributed by atoms with E-state index in [1.165, 1.54) is 19.5 Å². The van der Waals surface area contributed by atoms with E-state index in [4.69, 9.17) is 0 Å². The Morgan fingerprint density at radius 1 is 1.53 bits per heavy atom. The van der Waals surface area contributed by atoms with Gasteiger partial charge in [-0.1, -0.05) is 0 Å². The van der Waals surface area contributed by atoms with E-state index in [0.717, 1.165) is 28.2 Å². The van der Waals surface area contributed by atoms with E-state index in [1.54, 1.807) is 6.92 Å². The molecule has 2 rings (SSSR count). The molecule has 1 saturated heterocycles. The summed E-state index contributed by atoms with van der Waals surface area (Å²) in [5.41, 5.74) is 1.91. The number of nitrogens with zero attached hydrogens (tertiary/aromatic N) is 2. The quantitative estimate of drug-likeness (QED) is 0.795. The maximum Gasteiger partial charge on any atom is 0.159 e. The zero-order valence-electron chi connectivity index (χ0n) is 11.8. The second-order valence-corrected chi connectivity index (χ2v) is 6.37. The molecule has 1 atom stereocenters. The van der Waals surface area contributed by atoms with Crippen LogP contribution >= 0.6 is 15.9 Å². The van der Waals surface area contributed by atoms with Gasteiger partial charge in [-0.3, -0.25) is 4.79 Å². The van der Waals surface area contributed by atoms with Gasteiger partial charge in [-0.2, -0.15) is 0 Å². The topological polar surface area (TPSA) is 23.6 Å². The third-order valence-corrected chi connectivity index (χ3v) is 4.42. The first-order valence-corrected chi connectivity index (χ1v) is 7.47. The number of hydrogen-bond donors (Lipinski definition) is 0. The number of carbonyl (C=O) groups is 1. The smallest absolute Gasteiger partial charge is 0.159 e. The summed E-state index contributed by atoms with van der Waals surface area (Å²) in [5, 5.41) is 0. The first kappa shape index (κ1) is 14.5. The van der Waals surface area contributed by atoms with Gasteiger partial charge in [0, 0.05) is 30.2 Å². The molecular weight excluding hydrogens is 304 g/mol. The largest absolute Gasteiger partial charge is 0.373 e. The molecule has 4 heteroatoms. The summed E-state index contributed by atoms with van der Waals surface area (Å²) in [5.74, 6) is 0.835. The Bertz CT molecular complexity index is 475. The molecule has 1 heterocycles. The molecule has 1 aromatic carbocycles. The molecule has 104 valence electrons. The minimum absolute atomic E-state index is 0.104. The molecule has 0 bridgehead atoms. The van der Waals surface area contributed by atoms with Crippen LogP contribution in [0, 0.1) is 5.92 Å². The normalized spacial score (nSPS) is 19.7. The third kappa shape index (κ3) is 3.57. The van der Waals surface area contributed by atoms with Gasteiger partial charge in [-0.05, 0) is 67.0 Å². The molecule has 1 aliphatic heterocycles. The van der Waals surface area contributed by atoms with E-state index in [1.807, 2.05) is 18.2 Å². The van der Waals surface area contributed by atoms with Crippen molar-refractivity contribution in [2.75, 3.05) is 38.6 Å². The maximum atomic E-state index is 11.4. The van der Waals surface area contributed by atoms with E-state index in [9.17, 15) is 4.79 Å². The third-order valence-electron chi connectivity index (χ3n) is 3.79. The molecular formula is C15H21BrN2O. The van der Waals surface area contributed by atoms with Crippen molar-refractivity contribution >= 4 is 27.4 Å². The average Bonchev–Trinajstić information content (AvgIpc) is 2.74. The summed E-state index contributed by atoms with van der Waals surface area (Å²) in [7, 11) is 4.30. The van der Waals surface area contributed by atoms with Crippen LogP contribution in [0.15, 0.2) is 22.7 Å². The summed E-state index contributed by atoms with van der Waals surface area (Å²) in [4.78, 5) is 16.0. The standard InChI is InChI=1S/C15H21BrN2O/c1-11(19)13-4-5-15(14(16)8-13)18(3)10-12-6-7-17(2)9-12/h4-5,8,12H,6-7,9-10H2,1-3H3. The van der Waals surface area contributed by atoms with E-state index in [2.05, 4.69) is 39.8 Å². The highest BCUT2D eigenvalue weighted by atomic mass is 79.9. The van der Waals surface area contributed by atoms with E-state index in [0.29, 0.717) is 0 Å². The van der Waals surface area contributed by atoms with Gasteiger partial charge in [-0.25, -0.2) is 0 Å². The second kappa shape index (κ2) is 6.06. The van der Waals surface area contributed by atoms with E-state index < -0.39 is 0 Å². The molecule has 0 saturated carbocycles. The molecule has 0 spiro atoms. The van der Waals surface area contributed by atoms with Crippen molar-refractivity contribution in [2.45, 2.75) is 13.3 Å². The Morgan fingerprint density at radius 3 is 2.79 bits per heavy atom. The molecule has 1 aromatic rings. The lowest BCUT2D eigenvalue weighted by Gasteiger charge is -2.24. The summed E-state index contributed by atoms with van der Waals surface area (Å²) < 4.78 is 0.994. The van der Waals surface area contributed by atoms with Gasteiger partial charge in [0.05, 0.1) is 5.69 Å². The van der Waals surface area contributed by atoms with E-state index in [-0.39, 0.29) is 5.78 Å². The van der Waals surface area contributed by atoms with Gasteiger partial charge in [0.15, 0.2) is 5.78 Å². The van der Waals surface area contributed by atoms with Gasteiger partial charge in [0.2, 0.25) is 0 Å². The van der Waals surface area contributed by atoms with Crippen LogP contribution in [0.5, 0.6) is 0 Å². The highest BCUT2D eigenvalue weighted by molar-refractivity contribution is 9.10. The predicted molar refractivity (Wildman–Crippen MR) is 83.0 cm³/mol. The zero-order valence-corrected chi connectivity index (χ0v) is 13.4. The van der Waals surface area contributed by atoms with Crippen LogP contribution in [0.3, 0.4) is 0 Å². The van der Waals surface area contributed by atoms with Gasteiger partial charge in [0.1, 0.15) is 0 Å². The fraction of sp³-hybridized carbons (Fsp3) is 0.533. The number of ketones is 1. The van der Waals surface area contributed by atoms with Crippen LogP contribution in [-0.4, -0.2) is 44.4 Å². The number of likely N-dealkylation sites (tertiary alicyclic amines) is 1. The van der Waals surface area contributed by atoms with Crippen LogP contribution in [0.4, 0.5) is 5.69 Å². The summed E-state index contributed by atoms with van der Waals surface area (Å²) in [6.07, 6.45) is 1.27. The highest BCUT2D eigenvalue weighted by Crippen LogP contribution is 2.28. The van der Waals surface area contributed by atoms with Crippen LogP contribution in [-0.2, 0) is 0 Å². The molecule has 0 N–H and O–H groups in total. The Hall–Kier alpha value is -0.870. The molecule has 0 radical (unpaired) electrons. The minimum atomic E-state index is 0.104. The second-order valence-electron chi connectivity index (χ2n) is 5.52. The molecule has 1 aliphatic rings. The number of benzene rings is 1. The number of Topliss-reactive ketones (excluding diaryl/α,β-unsaturated/α-hetero) is 1. The van der Waals surface area contributed by atoms with Crippen molar-refractivity contribution < 1.29 is 4.79 Å².